The summed E-state index contributed by atoms with van der Waals surface area (Å²) in [6, 6.07) is 10.1. The van der Waals surface area contributed by atoms with Gasteiger partial charge in [0.25, 0.3) is 5.91 Å². The molecule has 2 N–H and O–H groups in total. The molecule has 0 aliphatic carbocycles. The maximum Gasteiger partial charge on any atom is 0.277 e. The largest absolute Gasteiger partial charge is 0.502 e. The summed E-state index contributed by atoms with van der Waals surface area (Å²) >= 11 is 0. The number of benzene rings is 2. The summed E-state index contributed by atoms with van der Waals surface area (Å²) in [5, 5.41) is 13.7. The number of nitrogens with one attached hydrogen (secondary N) is 1. The van der Waals surface area contributed by atoms with Gasteiger partial charge in [-0.15, -0.1) is 0 Å². The van der Waals surface area contributed by atoms with Gasteiger partial charge in [0.2, 0.25) is 5.75 Å². The molecule has 2 rings (SSSR count). The highest BCUT2D eigenvalue weighted by molar-refractivity contribution is 5.84. The van der Waals surface area contributed by atoms with Crippen molar-refractivity contribution in [3.63, 3.8) is 0 Å². The lowest BCUT2D eigenvalue weighted by molar-refractivity contribution is -0.123. The first kappa shape index (κ1) is 18.9. The standard InChI is InChI=1S/C18H20N2O6/c1-23-13-6-4-5-7-14(13)26-11-17(21)20-19-10-12-8-15(24-2)18(22)16(9-12)25-3/h4-10,22H,11H2,1-3H3,(H,20,21)/b19-10-. The molecule has 0 atom stereocenters. The zero-order valence-corrected chi connectivity index (χ0v) is 14.7. The van der Waals surface area contributed by atoms with Crippen molar-refractivity contribution in [1.29, 1.82) is 0 Å². The third kappa shape index (κ3) is 4.79. The minimum atomic E-state index is -0.440. The molecular formula is C18H20N2O6. The summed E-state index contributed by atoms with van der Waals surface area (Å²) in [5.41, 5.74) is 2.92. The molecule has 0 aromatic heterocycles. The van der Waals surface area contributed by atoms with E-state index in [-0.39, 0.29) is 23.9 Å². The van der Waals surface area contributed by atoms with Gasteiger partial charge in [-0.3, -0.25) is 4.79 Å². The van der Waals surface area contributed by atoms with E-state index in [9.17, 15) is 9.90 Å². The molecule has 0 aliphatic rings. The van der Waals surface area contributed by atoms with Crippen molar-refractivity contribution >= 4 is 12.1 Å². The maximum atomic E-state index is 11.8. The fourth-order valence-corrected chi connectivity index (χ4v) is 2.08. The van der Waals surface area contributed by atoms with Crippen LogP contribution in [0.3, 0.4) is 0 Å². The van der Waals surface area contributed by atoms with Crippen molar-refractivity contribution in [2.45, 2.75) is 0 Å². The van der Waals surface area contributed by atoms with Gasteiger partial charge in [0.1, 0.15) is 0 Å². The van der Waals surface area contributed by atoms with E-state index in [1.807, 2.05) is 0 Å². The Hall–Kier alpha value is -3.42. The Morgan fingerprint density at radius 1 is 1.04 bits per heavy atom. The number of hydrogen-bond acceptors (Lipinski definition) is 7. The van der Waals surface area contributed by atoms with Gasteiger partial charge in [-0.05, 0) is 24.3 Å². The molecule has 0 radical (unpaired) electrons. The summed E-state index contributed by atoms with van der Waals surface area (Å²) in [5.74, 6) is 0.911. The van der Waals surface area contributed by atoms with Crippen LogP contribution in [0.5, 0.6) is 28.7 Å². The van der Waals surface area contributed by atoms with Crippen molar-refractivity contribution in [2.75, 3.05) is 27.9 Å². The number of hydrazone groups is 1. The van der Waals surface area contributed by atoms with Crippen molar-refractivity contribution in [2.24, 2.45) is 5.10 Å². The van der Waals surface area contributed by atoms with E-state index >= 15 is 0 Å². The lowest BCUT2D eigenvalue weighted by Gasteiger charge is -2.09. The Labute approximate surface area is 151 Å². The van der Waals surface area contributed by atoms with E-state index in [1.54, 1.807) is 36.4 Å². The van der Waals surface area contributed by atoms with Crippen LogP contribution in [0.4, 0.5) is 0 Å². The van der Waals surface area contributed by atoms with Gasteiger partial charge in [0.15, 0.2) is 29.6 Å². The predicted molar refractivity (Wildman–Crippen MR) is 95.4 cm³/mol. The van der Waals surface area contributed by atoms with Crippen LogP contribution in [-0.2, 0) is 4.79 Å². The maximum absolute atomic E-state index is 11.8. The molecular weight excluding hydrogens is 340 g/mol. The van der Waals surface area contributed by atoms with Crippen molar-refractivity contribution in [1.82, 2.24) is 5.43 Å². The summed E-state index contributed by atoms with van der Waals surface area (Å²) in [4.78, 5) is 11.8. The predicted octanol–water partition coefficient (Wildman–Crippen LogP) is 1.95. The second-order valence-electron chi connectivity index (χ2n) is 5.01. The topological polar surface area (TPSA) is 98.6 Å². The normalized spacial score (nSPS) is 10.4. The minimum absolute atomic E-state index is 0.110. The lowest BCUT2D eigenvalue weighted by atomic mass is 10.2. The average molecular weight is 360 g/mol. The Morgan fingerprint density at radius 2 is 1.62 bits per heavy atom. The third-order valence-electron chi connectivity index (χ3n) is 3.33. The average Bonchev–Trinajstić information content (AvgIpc) is 2.67. The number of carbonyl (C=O) groups excluding carboxylic acids is 1. The first-order valence-corrected chi connectivity index (χ1v) is 7.61. The van der Waals surface area contributed by atoms with Crippen LogP contribution in [0.25, 0.3) is 0 Å². The summed E-state index contributed by atoms with van der Waals surface area (Å²) in [6.45, 7) is -0.222. The van der Waals surface area contributed by atoms with Crippen LogP contribution in [0.2, 0.25) is 0 Å². The number of phenolic OH excluding ortho intramolecular Hbond substituents is 1. The highest BCUT2D eigenvalue weighted by atomic mass is 16.5. The third-order valence-corrected chi connectivity index (χ3v) is 3.33. The van der Waals surface area contributed by atoms with E-state index < -0.39 is 5.91 Å². The number of nitrogens with zero attached hydrogens (tertiary/aromatic N) is 1. The molecule has 1 amide bonds. The number of carbonyl (C=O) groups is 1. The zero-order valence-electron chi connectivity index (χ0n) is 14.7. The van der Waals surface area contributed by atoms with Crippen molar-refractivity contribution in [3.05, 3.63) is 42.0 Å². The Kier molecular flexibility index (Phi) is 6.67. The molecule has 0 bridgehead atoms. The van der Waals surface area contributed by atoms with Gasteiger partial charge in [-0.2, -0.15) is 5.10 Å². The van der Waals surface area contributed by atoms with Crippen LogP contribution in [0, 0.1) is 0 Å². The SMILES string of the molecule is COc1ccccc1OCC(=O)N/N=C\c1cc(OC)c(O)c(OC)c1. The van der Waals surface area contributed by atoms with Crippen molar-refractivity contribution < 1.29 is 28.8 Å². The molecule has 0 saturated heterocycles. The number of hydrogen-bond donors (Lipinski definition) is 2. The van der Waals surface area contributed by atoms with Gasteiger partial charge in [-0.25, -0.2) is 5.43 Å². The molecule has 0 saturated carbocycles. The van der Waals surface area contributed by atoms with Gasteiger partial charge in [-0.1, -0.05) is 12.1 Å². The number of rotatable bonds is 8. The zero-order chi connectivity index (χ0) is 18.9. The molecule has 8 nitrogen and oxygen atoms in total. The quantitative estimate of drug-likeness (QED) is 0.551. The molecule has 0 heterocycles. The molecule has 0 spiro atoms. The molecule has 0 aliphatic heterocycles. The number of phenols is 1. The smallest absolute Gasteiger partial charge is 0.277 e. The molecule has 0 unspecified atom stereocenters. The minimum Gasteiger partial charge on any atom is -0.502 e. The second kappa shape index (κ2) is 9.16. The van der Waals surface area contributed by atoms with Crippen LogP contribution in [-0.4, -0.2) is 45.2 Å². The molecule has 138 valence electrons. The van der Waals surface area contributed by atoms with Gasteiger partial charge in [0, 0.05) is 5.56 Å². The number of para-hydroxylation sites is 2. The summed E-state index contributed by atoms with van der Waals surface area (Å²) < 4.78 is 20.6. The van der Waals surface area contributed by atoms with Gasteiger partial charge in [0.05, 0.1) is 27.5 Å². The van der Waals surface area contributed by atoms with Gasteiger partial charge < -0.3 is 24.1 Å². The fourth-order valence-electron chi connectivity index (χ4n) is 2.08. The first-order chi connectivity index (χ1) is 12.6. The summed E-state index contributed by atoms with van der Waals surface area (Å²) in [7, 11) is 4.37. The van der Waals surface area contributed by atoms with E-state index in [0.29, 0.717) is 17.1 Å². The van der Waals surface area contributed by atoms with E-state index in [1.165, 1.54) is 27.5 Å². The molecule has 8 heteroatoms. The summed E-state index contributed by atoms with van der Waals surface area (Å²) in [6.07, 6.45) is 1.39. The van der Waals surface area contributed by atoms with Crippen LogP contribution in [0.15, 0.2) is 41.5 Å². The Morgan fingerprint density at radius 3 is 2.19 bits per heavy atom. The Bertz CT molecular complexity index is 766. The van der Waals surface area contributed by atoms with Crippen LogP contribution >= 0.6 is 0 Å². The van der Waals surface area contributed by atoms with Crippen LogP contribution < -0.4 is 24.4 Å². The number of ether oxygens (including phenoxy) is 4. The second-order valence-corrected chi connectivity index (χ2v) is 5.01. The number of aromatic hydroxyl groups is 1. The van der Waals surface area contributed by atoms with E-state index in [2.05, 4.69) is 10.5 Å². The monoisotopic (exact) mass is 360 g/mol. The fraction of sp³-hybridized carbons (Fsp3) is 0.222. The number of methoxy groups -OCH3 is 3. The van der Waals surface area contributed by atoms with E-state index in [4.69, 9.17) is 18.9 Å². The molecule has 0 fully saturated rings. The molecule has 2 aromatic rings. The van der Waals surface area contributed by atoms with Crippen LogP contribution in [0.1, 0.15) is 5.56 Å². The number of amides is 1. The van der Waals surface area contributed by atoms with Gasteiger partial charge >= 0.3 is 0 Å². The highest BCUT2D eigenvalue weighted by Gasteiger charge is 2.10. The first-order valence-electron chi connectivity index (χ1n) is 7.61. The van der Waals surface area contributed by atoms with Crippen molar-refractivity contribution in [3.8, 4) is 28.7 Å². The molecule has 26 heavy (non-hydrogen) atoms. The Balaban J connectivity index is 1.94. The molecule has 2 aromatic carbocycles. The lowest BCUT2D eigenvalue weighted by Crippen LogP contribution is -2.24. The highest BCUT2D eigenvalue weighted by Crippen LogP contribution is 2.36. The van der Waals surface area contributed by atoms with E-state index in [0.717, 1.165) is 0 Å².